The van der Waals surface area contributed by atoms with Crippen molar-refractivity contribution in [3.63, 3.8) is 0 Å². The molecule has 0 aliphatic rings. The van der Waals surface area contributed by atoms with Crippen molar-refractivity contribution in [1.82, 2.24) is 5.32 Å². The van der Waals surface area contributed by atoms with Crippen molar-refractivity contribution in [2.24, 2.45) is 0 Å². The first-order valence-corrected chi connectivity index (χ1v) is 9.39. The molecule has 3 N–H and O–H groups in total. The van der Waals surface area contributed by atoms with E-state index in [1.807, 2.05) is 0 Å². The van der Waals surface area contributed by atoms with Crippen LogP contribution < -0.4 is 5.32 Å². The SMILES string of the molecule is COCCNC(=O)CSc1ccccc1C(=O)OC/C(O)=C(\C(C)=N)C(C)=O. The van der Waals surface area contributed by atoms with Gasteiger partial charge in [-0.05, 0) is 26.0 Å². The van der Waals surface area contributed by atoms with E-state index in [0.29, 0.717) is 18.0 Å². The van der Waals surface area contributed by atoms with Crippen LogP contribution in [0.4, 0.5) is 0 Å². The zero-order chi connectivity index (χ0) is 21.1. The molecular weight excluding hydrogens is 384 g/mol. The molecule has 0 saturated heterocycles. The van der Waals surface area contributed by atoms with Crippen molar-refractivity contribution in [1.29, 1.82) is 5.41 Å². The molecule has 0 radical (unpaired) electrons. The number of thioether (sulfide) groups is 1. The van der Waals surface area contributed by atoms with Gasteiger partial charge in [-0.1, -0.05) is 12.1 Å². The van der Waals surface area contributed by atoms with Crippen LogP contribution in [-0.2, 0) is 19.1 Å². The van der Waals surface area contributed by atoms with Gasteiger partial charge in [-0.3, -0.25) is 9.59 Å². The van der Waals surface area contributed by atoms with Crippen molar-refractivity contribution in [3.8, 4) is 0 Å². The maximum Gasteiger partial charge on any atom is 0.339 e. The van der Waals surface area contributed by atoms with Crippen LogP contribution in [0, 0.1) is 5.41 Å². The minimum Gasteiger partial charge on any atom is -0.508 e. The molecule has 0 aromatic heterocycles. The Labute approximate surface area is 167 Å². The van der Waals surface area contributed by atoms with E-state index in [1.165, 1.54) is 25.6 Å². The summed E-state index contributed by atoms with van der Waals surface area (Å²) in [5.74, 6) is -1.76. The van der Waals surface area contributed by atoms with Crippen LogP contribution in [-0.4, -0.2) is 61.1 Å². The van der Waals surface area contributed by atoms with Crippen LogP contribution in [0.15, 0.2) is 40.5 Å². The first-order valence-electron chi connectivity index (χ1n) is 8.41. The van der Waals surface area contributed by atoms with Gasteiger partial charge in [-0.2, -0.15) is 0 Å². The largest absolute Gasteiger partial charge is 0.508 e. The third kappa shape index (κ3) is 7.53. The van der Waals surface area contributed by atoms with Gasteiger partial charge < -0.3 is 25.3 Å². The molecule has 28 heavy (non-hydrogen) atoms. The summed E-state index contributed by atoms with van der Waals surface area (Å²) in [5, 5.41) is 20.2. The third-order valence-corrected chi connectivity index (χ3v) is 4.52. The van der Waals surface area contributed by atoms with E-state index >= 15 is 0 Å². The summed E-state index contributed by atoms with van der Waals surface area (Å²) >= 11 is 1.18. The standard InChI is InChI=1S/C19H24N2O6S/c1-12(20)18(13(2)22)15(23)10-27-19(25)14-6-4-5-7-16(14)28-11-17(24)21-8-9-26-3/h4-7,20,23H,8-11H2,1-3H3,(H,21,24)/b18-15-,20-12?. The van der Waals surface area contributed by atoms with Crippen LogP contribution in [0.1, 0.15) is 24.2 Å². The summed E-state index contributed by atoms with van der Waals surface area (Å²) in [4.78, 5) is 36.2. The average Bonchev–Trinajstić information content (AvgIpc) is 2.64. The second kappa shape index (κ2) is 11.9. The van der Waals surface area contributed by atoms with Crippen molar-refractivity contribution in [2.75, 3.05) is 32.6 Å². The van der Waals surface area contributed by atoms with Gasteiger partial charge in [0.1, 0.15) is 12.4 Å². The first kappa shape index (κ1) is 23.4. The molecule has 0 aliphatic heterocycles. The molecule has 0 bridgehead atoms. The number of Topliss-reactive ketones (excluding diaryl/α,β-unsaturated/α-hetero) is 1. The van der Waals surface area contributed by atoms with Gasteiger partial charge >= 0.3 is 5.97 Å². The lowest BCUT2D eigenvalue weighted by Crippen LogP contribution is -2.28. The number of ether oxygens (including phenoxy) is 2. The quantitative estimate of drug-likeness (QED) is 0.128. The van der Waals surface area contributed by atoms with E-state index in [2.05, 4.69) is 5.32 Å². The third-order valence-electron chi connectivity index (χ3n) is 3.45. The molecular formula is C19H24N2O6S. The normalized spacial score (nSPS) is 11.4. The van der Waals surface area contributed by atoms with Crippen molar-refractivity contribution >= 4 is 35.1 Å². The minimum absolute atomic E-state index is 0.112. The summed E-state index contributed by atoms with van der Waals surface area (Å²) in [6, 6.07) is 6.60. The van der Waals surface area contributed by atoms with Crippen LogP contribution >= 0.6 is 11.8 Å². The molecule has 0 spiro atoms. The Morgan fingerprint density at radius 3 is 2.50 bits per heavy atom. The molecule has 0 saturated carbocycles. The fraction of sp³-hybridized carbons (Fsp3) is 0.368. The smallest absolute Gasteiger partial charge is 0.339 e. The number of amides is 1. The van der Waals surface area contributed by atoms with E-state index in [4.69, 9.17) is 14.9 Å². The van der Waals surface area contributed by atoms with E-state index < -0.39 is 24.1 Å². The molecule has 0 unspecified atom stereocenters. The van der Waals surface area contributed by atoms with E-state index in [0.717, 1.165) is 0 Å². The fourth-order valence-corrected chi connectivity index (χ4v) is 3.09. The monoisotopic (exact) mass is 408 g/mol. The Hall–Kier alpha value is -2.65. The Kier molecular flexibility index (Phi) is 9.97. The lowest BCUT2D eigenvalue weighted by atomic mass is 10.1. The maximum atomic E-state index is 12.4. The summed E-state index contributed by atoms with van der Waals surface area (Å²) in [7, 11) is 1.54. The molecule has 1 rings (SSSR count). The Bertz CT molecular complexity index is 759. The topological polar surface area (TPSA) is 126 Å². The number of aliphatic hydroxyl groups is 1. The number of esters is 1. The number of hydrogen-bond donors (Lipinski definition) is 3. The molecule has 1 aromatic carbocycles. The van der Waals surface area contributed by atoms with E-state index in [9.17, 15) is 19.5 Å². The zero-order valence-corrected chi connectivity index (χ0v) is 16.9. The number of hydrogen-bond acceptors (Lipinski definition) is 8. The second-order valence-corrected chi connectivity index (χ2v) is 6.72. The highest BCUT2D eigenvalue weighted by molar-refractivity contribution is 8.00. The second-order valence-electron chi connectivity index (χ2n) is 5.71. The number of ketones is 1. The van der Waals surface area contributed by atoms with E-state index in [-0.39, 0.29) is 28.5 Å². The number of methoxy groups -OCH3 is 1. The van der Waals surface area contributed by atoms with Gasteiger partial charge in [0.2, 0.25) is 5.91 Å². The summed E-state index contributed by atoms with van der Waals surface area (Å²) in [6.07, 6.45) is 0. The molecule has 0 heterocycles. The van der Waals surface area contributed by atoms with Crippen LogP contribution in [0.5, 0.6) is 0 Å². The molecule has 152 valence electrons. The van der Waals surface area contributed by atoms with Crippen molar-refractivity contribution < 1.29 is 29.0 Å². The van der Waals surface area contributed by atoms with Crippen LogP contribution in [0.25, 0.3) is 0 Å². The minimum atomic E-state index is -0.708. The van der Waals surface area contributed by atoms with Crippen molar-refractivity contribution in [3.05, 3.63) is 41.2 Å². The van der Waals surface area contributed by atoms with Gasteiger partial charge in [-0.25, -0.2) is 4.79 Å². The molecule has 9 heteroatoms. The Morgan fingerprint density at radius 1 is 1.21 bits per heavy atom. The highest BCUT2D eigenvalue weighted by Crippen LogP contribution is 2.23. The Morgan fingerprint density at radius 2 is 1.89 bits per heavy atom. The molecule has 0 fully saturated rings. The lowest BCUT2D eigenvalue weighted by Gasteiger charge is -2.11. The van der Waals surface area contributed by atoms with Crippen LogP contribution in [0.2, 0.25) is 0 Å². The highest BCUT2D eigenvalue weighted by Gasteiger charge is 2.18. The number of carbonyl (C=O) groups excluding carboxylic acids is 3. The number of carbonyl (C=O) groups is 3. The van der Waals surface area contributed by atoms with Crippen LogP contribution in [0.3, 0.4) is 0 Å². The highest BCUT2D eigenvalue weighted by atomic mass is 32.2. The number of benzene rings is 1. The fourth-order valence-electron chi connectivity index (χ4n) is 2.22. The average molecular weight is 408 g/mol. The molecule has 0 atom stereocenters. The number of aliphatic hydroxyl groups excluding tert-OH is 1. The number of nitrogens with one attached hydrogen (secondary N) is 2. The molecule has 1 amide bonds. The van der Waals surface area contributed by atoms with Gasteiger partial charge in [0.15, 0.2) is 5.78 Å². The maximum absolute atomic E-state index is 12.4. The molecule has 0 aliphatic carbocycles. The predicted octanol–water partition coefficient (Wildman–Crippen LogP) is 2.14. The van der Waals surface area contributed by atoms with Crippen molar-refractivity contribution in [2.45, 2.75) is 18.7 Å². The number of rotatable bonds is 11. The van der Waals surface area contributed by atoms with E-state index in [1.54, 1.807) is 31.4 Å². The first-order chi connectivity index (χ1) is 13.3. The Balaban J connectivity index is 2.77. The van der Waals surface area contributed by atoms with Gasteiger partial charge in [0, 0.05) is 24.3 Å². The zero-order valence-electron chi connectivity index (χ0n) is 16.0. The molecule has 8 nitrogen and oxygen atoms in total. The predicted molar refractivity (Wildman–Crippen MR) is 106 cm³/mol. The molecule has 1 aromatic rings. The van der Waals surface area contributed by atoms with Gasteiger partial charge in [-0.15, -0.1) is 11.8 Å². The number of allylic oxidation sites excluding steroid dienone is 1. The summed E-state index contributed by atoms with van der Waals surface area (Å²) in [6.45, 7) is 2.86. The van der Waals surface area contributed by atoms with Gasteiger partial charge in [0.05, 0.1) is 23.5 Å². The summed E-state index contributed by atoms with van der Waals surface area (Å²) in [5.41, 5.74) is -0.0550. The lowest BCUT2D eigenvalue weighted by molar-refractivity contribution is -0.118. The summed E-state index contributed by atoms with van der Waals surface area (Å²) < 4.78 is 9.93. The van der Waals surface area contributed by atoms with Gasteiger partial charge in [0.25, 0.3) is 0 Å².